The molecule has 2 N–H and O–H groups in total. The first-order chi connectivity index (χ1) is 14.1. The number of hydrogen-bond acceptors (Lipinski definition) is 2. The predicted molar refractivity (Wildman–Crippen MR) is 98.2 cm³/mol. The number of carbonyl (C=O) groups excluding carboxylic acids is 1. The Balaban J connectivity index is 1.95. The number of amides is 1. The van der Waals surface area contributed by atoms with Gasteiger partial charge in [0, 0.05) is 17.2 Å². The molecule has 1 amide bonds. The maximum absolute atomic E-state index is 14.1. The second-order valence-electron chi connectivity index (χ2n) is 6.22. The SMILES string of the molecule is O=C(Nc1cc(-c2ccc(F)cc2F)ccc1C(=O)O)c1ccc(C(F)(F)F)cc1. The first-order valence-corrected chi connectivity index (χ1v) is 8.37. The van der Waals surface area contributed by atoms with Crippen molar-refractivity contribution in [2.75, 3.05) is 5.32 Å². The summed E-state index contributed by atoms with van der Waals surface area (Å²) in [6, 6.07) is 9.75. The van der Waals surface area contributed by atoms with Crippen LogP contribution in [-0.2, 0) is 6.18 Å². The fourth-order valence-corrected chi connectivity index (χ4v) is 2.73. The number of carboxylic acids is 1. The highest BCUT2D eigenvalue weighted by molar-refractivity contribution is 6.08. The number of hydrogen-bond donors (Lipinski definition) is 2. The second-order valence-corrected chi connectivity index (χ2v) is 6.22. The predicted octanol–water partition coefficient (Wildman–Crippen LogP) is 5.60. The van der Waals surface area contributed by atoms with E-state index in [1.165, 1.54) is 12.1 Å². The van der Waals surface area contributed by atoms with Gasteiger partial charge in [0.05, 0.1) is 16.8 Å². The lowest BCUT2D eigenvalue weighted by Gasteiger charge is -2.12. The molecular weight excluding hydrogens is 409 g/mol. The topological polar surface area (TPSA) is 66.4 Å². The fraction of sp³-hybridized carbons (Fsp3) is 0.0476. The highest BCUT2D eigenvalue weighted by Gasteiger charge is 2.30. The molecule has 0 aromatic heterocycles. The molecule has 154 valence electrons. The number of alkyl halides is 3. The van der Waals surface area contributed by atoms with Gasteiger partial charge in [0.25, 0.3) is 5.91 Å². The van der Waals surface area contributed by atoms with Crippen molar-refractivity contribution in [1.29, 1.82) is 0 Å². The molecule has 0 saturated carbocycles. The Morgan fingerprint density at radius 3 is 2.10 bits per heavy atom. The van der Waals surface area contributed by atoms with E-state index in [9.17, 15) is 36.6 Å². The summed E-state index contributed by atoms with van der Waals surface area (Å²) < 4.78 is 65.1. The van der Waals surface area contributed by atoms with Crippen LogP contribution in [0.4, 0.5) is 27.6 Å². The zero-order valence-corrected chi connectivity index (χ0v) is 14.9. The molecule has 3 aromatic carbocycles. The molecule has 0 saturated heterocycles. The largest absolute Gasteiger partial charge is 0.478 e. The van der Waals surface area contributed by atoms with E-state index in [2.05, 4.69) is 5.32 Å². The Morgan fingerprint density at radius 2 is 1.53 bits per heavy atom. The van der Waals surface area contributed by atoms with E-state index in [-0.39, 0.29) is 27.9 Å². The lowest BCUT2D eigenvalue weighted by Crippen LogP contribution is -2.15. The number of halogens is 5. The minimum Gasteiger partial charge on any atom is -0.478 e. The van der Waals surface area contributed by atoms with Crippen LogP contribution in [0.15, 0.2) is 60.7 Å². The van der Waals surface area contributed by atoms with E-state index in [1.807, 2.05) is 0 Å². The highest BCUT2D eigenvalue weighted by Crippen LogP contribution is 2.30. The lowest BCUT2D eigenvalue weighted by atomic mass is 10.0. The van der Waals surface area contributed by atoms with Crippen LogP contribution < -0.4 is 5.32 Å². The van der Waals surface area contributed by atoms with Crippen molar-refractivity contribution < 1.29 is 36.6 Å². The third kappa shape index (κ3) is 4.45. The van der Waals surface area contributed by atoms with E-state index in [0.29, 0.717) is 6.07 Å². The molecule has 4 nitrogen and oxygen atoms in total. The molecule has 0 aliphatic carbocycles. The van der Waals surface area contributed by atoms with Gasteiger partial charge in [-0.3, -0.25) is 4.79 Å². The third-order valence-corrected chi connectivity index (χ3v) is 4.21. The maximum Gasteiger partial charge on any atom is 0.416 e. The summed E-state index contributed by atoms with van der Waals surface area (Å²) in [4.78, 5) is 23.9. The van der Waals surface area contributed by atoms with Gasteiger partial charge in [0.1, 0.15) is 11.6 Å². The van der Waals surface area contributed by atoms with Crippen LogP contribution in [-0.4, -0.2) is 17.0 Å². The molecule has 3 aromatic rings. The molecule has 0 aliphatic heterocycles. The van der Waals surface area contributed by atoms with Crippen LogP contribution in [0.25, 0.3) is 11.1 Å². The van der Waals surface area contributed by atoms with E-state index >= 15 is 0 Å². The van der Waals surface area contributed by atoms with Crippen LogP contribution in [0.1, 0.15) is 26.3 Å². The molecule has 0 bridgehead atoms. The van der Waals surface area contributed by atoms with Crippen molar-refractivity contribution in [2.24, 2.45) is 0 Å². The second kappa shape index (κ2) is 7.94. The van der Waals surface area contributed by atoms with E-state index in [0.717, 1.165) is 42.5 Å². The molecule has 0 heterocycles. The quantitative estimate of drug-likeness (QED) is 0.539. The van der Waals surface area contributed by atoms with Gasteiger partial charge in [-0.05, 0) is 54.1 Å². The average Bonchev–Trinajstić information content (AvgIpc) is 2.67. The lowest BCUT2D eigenvalue weighted by molar-refractivity contribution is -0.137. The van der Waals surface area contributed by atoms with E-state index < -0.39 is 35.3 Å². The molecular formula is C21H12F5NO3. The molecule has 9 heteroatoms. The van der Waals surface area contributed by atoms with Gasteiger partial charge in [-0.2, -0.15) is 13.2 Å². The van der Waals surface area contributed by atoms with E-state index in [1.54, 1.807) is 0 Å². The Labute approximate surface area is 166 Å². The van der Waals surface area contributed by atoms with Crippen molar-refractivity contribution in [3.63, 3.8) is 0 Å². The summed E-state index contributed by atoms with van der Waals surface area (Å²) in [7, 11) is 0. The number of rotatable bonds is 4. The van der Waals surface area contributed by atoms with Gasteiger partial charge >= 0.3 is 12.1 Å². The summed E-state index contributed by atoms with van der Waals surface area (Å²) in [6.45, 7) is 0. The van der Waals surface area contributed by atoms with Gasteiger partial charge < -0.3 is 10.4 Å². The zero-order chi connectivity index (χ0) is 22.1. The average molecular weight is 421 g/mol. The minimum absolute atomic E-state index is 0.0293. The zero-order valence-electron chi connectivity index (χ0n) is 14.9. The van der Waals surface area contributed by atoms with Gasteiger partial charge in [-0.1, -0.05) is 6.07 Å². The van der Waals surface area contributed by atoms with E-state index in [4.69, 9.17) is 0 Å². The molecule has 0 fully saturated rings. The number of nitrogens with one attached hydrogen (secondary N) is 1. The number of anilines is 1. The standard InChI is InChI=1S/C21H12F5NO3/c22-14-6-8-15(17(23)10-14)12-3-7-16(20(29)30)18(9-12)27-19(28)11-1-4-13(5-2-11)21(24,25)26/h1-10H,(H,27,28)(H,29,30). The maximum atomic E-state index is 14.1. The van der Waals surface area contributed by atoms with Crippen LogP contribution >= 0.6 is 0 Å². The summed E-state index contributed by atoms with van der Waals surface area (Å²) in [5.74, 6) is -3.93. The van der Waals surface area contributed by atoms with Gasteiger partial charge in [-0.15, -0.1) is 0 Å². The Hall–Kier alpha value is -3.75. The minimum atomic E-state index is -4.57. The molecule has 3 rings (SSSR count). The summed E-state index contributed by atoms with van der Waals surface area (Å²) >= 11 is 0. The molecule has 0 aliphatic rings. The van der Waals surface area contributed by atoms with Crippen LogP contribution in [0.3, 0.4) is 0 Å². The number of aromatic carboxylic acids is 1. The smallest absolute Gasteiger partial charge is 0.416 e. The summed E-state index contributed by atoms with van der Waals surface area (Å²) in [5.41, 5.74) is -1.47. The Bertz CT molecular complexity index is 1120. The highest BCUT2D eigenvalue weighted by atomic mass is 19.4. The Kier molecular flexibility index (Phi) is 5.55. The molecule has 0 atom stereocenters. The monoisotopic (exact) mass is 421 g/mol. The Morgan fingerprint density at radius 1 is 0.867 bits per heavy atom. The molecule has 0 radical (unpaired) electrons. The van der Waals surface area contributed by atoms with Gasteiger partial charge in [0.15, 0.2) is 0 Å². The first kappa shape index (κ1) is 21.0. The normalized spacial score (nSPS) is 11.2. The molecule has 30 heavy (non-hydrogen) atoms. The van der Waals surface area contributed by atoms with Crippen LogP contribution in [0, 0.1) is 11.6 Å². The summed E-state index contributed by atoms with van der Waals surface area (Å²) in [5, 5.41) is 11.6. The first-order valence-electron chi connectivity index (χ1n) is 8.37. The van der Waals surface area contributed by atoms with Crippen molar-refractivity contribution in [1.82, 2.24) is 0 Å². The van der Waals surface area contributed by atoms with Crippen molar-refractivity contribution >= 4 is 17.6 Å². The van der Waals surface area contributed by atoms with Gasteiger partial charge in [-0.25, -0.2) is 13.6 Å². The van der Waals surface area contributed by atoms with Gasteiger partial charge in [0.2, 0.25) is 0 Å². The van der Waals surface area contributed by atoms with Crippen LogP contribution in [0.5, 0.6) is 0 Å². The molecule has 0 spiro atoms. The number of benzene rings is 3. The summed E-state index contributed by atoms with van der Waals surface area (Å²) in [6.07, 6.45) is -4.57. The van der Waals surface area contributed by atoms with Crippen LogP contribution in [0.2, 0.25) is 0 Å². The number of carboxylic acid groups (broad SMARTS) is 1. The van der Waals surface area contributed by atoms with Crippen molar-refractivity contribution in [3.8, 4) is 11.1 Å². The molecule has 0 unspecified atom stereocenters. The van der Waals surface area contributed by atoms with Crippen molar-refractivity contribution in [2.45, 2.75) is 6.18 Å². The van der Waals surface area contributed by atoms with Crippen molar-refractivity contribution in [3.05, 3.63) is 89.0 Å². The number of carbonyl (C=O) groups is 2. The third-order valence-electron chi connectivity index (χ3n) is 4.21. The fourth-order valence-electron chi connectivity index (χ4n) is 2.73.